The van der Waals surface area contributed by atoms with E-state index in [1.807, 2.05) is 6.07 Å². The van der Waals surface area contributed by atoms with Crippen molar-refractivity contribution in [3.8, 4) is 0 Å². The van der Waals surface area contributed by atoms with Gasteiger partial charge in [0.2, 0.25) is 0 Å². The van der Waals surface area contributed by atoms with Crippen LogP contribution in [0.2, 0.25) is 0 Å². The van der Waals surface area contributed by atoms with Crippen LogP contribution in [-0.2, 0) is 6.54 Å². The SMILES string of the molecule is CCC1(CNC(=NC)NCc2cc(C(C)C)no2)CCC1. The van der Waals surface area contributed by atoms with Gasteiger partial charge in [-0.3, -0.25) is 4.99 Å². The summed E-state index contributed by atoms with van der Waals surface area (Å²) in [5, 5.41) is 10.8. The third-order valence-electron chi connectivity index (χ3n) is 4.62. The van der Waals surface area contributed by atoms with Crippen LogP contribution < -0.4 is 10.6 Å². The maximum atomic E-state index is 5.32. The van der Waals surface area contributed by atoms with Crippen molar-refractivity contribution in [2.75, 3.05) is 13.6 Å². The van der Waals surface area contributed by atoms with E-state index in [1.54, 1.807) is 7.05 Å². The Morgan fingerprint density at radius 2 is 2.19 bits per heavy atom. The van der Waals surface area contributed by atoms with E-state index in [0.29, 0.717) is 17.9 Å². The molecule has 1 aliphatic rings. The van der Waals surface area contributed by atoms with Gasteiger partial charge < -0.3 is 15.2 Å². The maximum Gasteiger partial charge on any atom is 0.191 e. The molecule has 0 saturated heterocycles. The van der Waals surface area contributed by atoms with Crippen molar-refractivity contribution in [2.24, 2.45) is 10.4 Å². The molecular formula is C16H28N4O. The van der Waals surface area contributed by atoms with Crippen LogP contribution in [0.1, 0.15) is 63.8 Å². The topological polar surface area (TPSA) is 62.5 Å². The van der Waals surface area contributed by atoms with E-state index in [0.717, 1.165) is 24.0 Å². The predicted molar refractivity (Wildman–Crippen MR) is 85.4 cm³/mol. The highest BCUT2D eigenvalue weighted by Gasteiger charge is 2.34. The number of hydrogen-bond acceptors (Lipinski definition) is 3. The second kappa shape index (κ2) is 6.96. The monoisotopic (exact) mass is 292 g/mol. The number of hydrogen-bond donors (Lipinski definition) is 2. The lowest BCUT2D eigenvalue weighted by atomic mass is 9.67. The van der Waals surface area contributed by atoms with Crippen LogP contribution in [0.15, 0.2) is 15.6 Å². The summed E-state index contributed by atoms with van der Waals surface area (Å²) in [6, 6.07) is 2.00. The van der Waals surface area contributed by atoms with Crippen LogP contribution in [-0.4, -0.2) is 24.7 Å². The standard InChI is InChI=1S/C16H28N4O/c1-5-16(7-6-8-16)11-19-15(17-4)18-10-13-9-14(12(2)3)20-21-13/h9,12H,5-8,10-11H2,1-4H3,(H2,17,18,19). The minimum absolute atomic E-state index is 0.392. The van der Waals surface area contributed by atoms with E-state index in [9.17, 15) is 0 Å². The van der Waals surface area contributed by atoms with Gasteiger partial charge in [0.1, 0.15) is 0 Å². The van der Waals surface area contributed by atoms with E-state index in [4.69, 9.17) is 4.52 Å². The molecule has 21 heavy (non-hydrogen) atoms. The van der Waals surface area contributed by atoms with E-state index < -0.39 is 0 Å². The number of aliphatic imine (C=N–C) groups is 1. The summed E-state index contributed by atoms with van der Waals surface area (Å²) in [5.74, 6) is 2.07. The van der Waals surface area contributed by atoms with E-state index in [2.05, 4.69) is 41.6 Å². The second-order valence-corrected chi connectivity index (χ2v) is 6.36. The average molecular weight is 292 g/mol. The summed E-state index contributed by atoms with van der Waals surface area (Å²) in [5.41, 5.74) is 1.48. The molecule has 0 aliphatic heterocycles. The van der Waals surface area contributed by atoms with Crippen LogP contribution in [0, 0.1) is 5.41 Å². The molecule has 1 saturated carbocycles. The van der Waals surface area contributed by atoms with Gasteiger partial charge in [0.15, 0.2) is 11.7 Å². The van der Waals surface area contributed by atoms with Gasteiger partial charge in [-0.2, -0.15) is 0 Å². The number of nitrogens with one attached hydrogen (secondary N) is 2. The molecule has 1 aromatic heterocycles. The number of guanidine groups is 1. The highest BCUT2D eigenvalue weighted by molar-refractivity contribution is 5.79. The molecular weight excluding hydrogens is 264 g/mol. The first-order chi connectivity index (χ1) is 10.1. The molecule has 0 radical (unpaired) electrons. The Morgan fingerprint density at radius 3 is 2.67 bits per heavy atom. The van der Waals surface area contributed by atoms with E-state index >= 15 is 0 Å². The molecule has 0 bridgehead atoms. The first kappa shape index (κ1) is 15.9. The van der Waals surface area contributed by atoms with Crippen molar-refractivity contribution < 1.29 is 4.52 Å². The minimum atomic E-state index is 0.392. The van der Waals surface area contributed by atoms with Crippen LogP contribution in [0.4, 0.5) is 0 Å². The molecule has 118 valence electrons. The number of aromatic nitrogens is 1. The van der Waals surface area contributed by atoms with Gasteiger partial charge in [0.05, 0.1) is 12.2 Å². The van der Waals surface area contributed by atoms with Crippen molar-refractivity contribution in [3.63, 3.8) is 0 Å². The van der Waals surface area contributed by atoms with Gasteiger partial charge >= 0.3 is 0 Å². The van der Waals surface area contributed by atoms with Crippen LogP contribution in [0.3, 0.4) is 0 Å². The van der Waals surface area contributed by atoms with Crippen LogP contribution in [0.5, 0.6) is 0 Å². The molecule has 1 aliphatic carbocycles. The van der Waals surface area contributed by atoms with Crippen LogP contribution >= 0.6 is 0 Å². The van der Waals surface area contributed by atoms with E-state index in [1.165, 1.54) is 25.7 Å². The lowest BCUT2D eigenvalue weighted by Gasteiger charge is -2.41. The van der Waals surface area contributed by atoms with Crippen molar-refractivity contribution in [1.29, 1.82) is 0 Å². The zero-order valence-corrected chi connectivity index (χ0v) is 13.7. The average Bonchev–Trinajstić information content (AvgIpc) is 2.90. The van der Waals surface area contributed by atoms with Gasteiger partial charge in [-0.15, -0.1) is 0 Å². The predicted octanol–water partition coefficient (Wildman–Crippen LogP) is 3.04. The molecule has 5 heteroatoms. The fourth-order valence-electron chi connectivity index (χ4n) is 2.68. The van der Waals surface area contributed by atoms with Gasteiger partial charge in [-0.1, -0.05) is 32.3 Å². The molecule has 0 unspecified atom stereocenters. The maximum absolute atomic E-state index is 5.32. The Balaban J connectivity index is 1.79. The van der Waals surface area contributed by atoms with Crippen molar-refractivity contribution in [3.05, 3.63) is 17.5 Å². The summed E-state index contributed by atoms with van der Waals surface area (Å²) >= 11 is 0. The van der Waals surface area contributed by atoms with Gasteiger partial charge in [-0.05, 0) is 30.6 Å². The Morgan fingerprint density at radius 1 is 1.43 bits per heavy atom. The minimum Gasteiger partial charge on any atom is -0.359 e. The molecule has 5 nitrogen and oxygen atoms in total. The lowest BCUT2D eigenvalue weighted by molar-refractivity contribution is 0.131. The Hall–Kier alpha value is -1.52. The zero-order chi connectivity index (χ0) is 15.3. The summed E-state index contributed by atoms with van der Waals surface area (Å²) < 4.78 is 5.32. The Labute approximate surface area is 127 Å². The molecule has 2 N–H and O–H groups in total. The highest BCUT2D eigenvalue weighted by atomic mass is 16.5. The lowest BCUT2D eigenvalue weighted by Crippen LogP contribution is -2.46. The fourth-order valence-corrected chi connectivity index (χ4v) is 2.68. The molecule has 1 aromatic rings. The van der Waals surface area contributed by atoms with E-state index in [-0.39, 0.29) is 0 Å². The molecule has 1 fully saturated rings. The molecule has 0 amide bonds. The van der Waals surface area contributed by atoms with Crippen molar-refractivity contribution in [2.45, 2.75) is 58.9 Å². The summed E-state index contributed by atoms with van der Waals surface area (Å²) in [6.07, 6.45) is 5.25. The van der Waals surface area contributed by atoms with Crippen LogP contribution in [0.25, 0.3) is 0 Å². The summed E-state index contributed by atoms with van der Waals surface area (Å²) in [6.45, 7) is 8.10. The van der Waals surface area contributed by atoms with Crippen molar-refractivity contribution >= 4 is 5.96 Å². The zero-order valence-electron chi connectivity index (χ0n) is 13.7. The van der Waals surface area contributed by atoms with Gasteiger partial charge in [0.25, 0.3) is 0 Å². The van der Waals surface area contributed by atoms with Gasteiger partial charge in [0, 0.05) is 19.7 Å². The first-order valence-corrected chi connectivity index (χ1v) is 7.98. The third kappa shape index (κ3) is 3.99. The molecule has 0 atom stereocenters. The third-order valence-corrected chi connectivity index (χ3v) is 4.62. The Kier molecular flexibility index (Phi) is 5.26. The molecule has 1 heterocycles. The Bertz CT molecular complexity index is 469. The summed E-state index contributed by atoms with van der Waals surface area (Å²) in [4.78, 5) is 4.27. The van der Waals surface area contributed by atoms with Gasteiger partial charge in [-0.25, -0.2) is 0 Å². The summed E-state index contributed by atoms with van der Waals surface area (Å²) in [7, 11) is 1.80. The normalized spacial score (nSPS) is 17.7. The quantitative estimate of drug-likeness (QED) is 0.625. The smallest absolute Gasteiger partial charge is 0.191 e. The number of nitrogens with zero attached hydrogens (tertiary/aromatic N) is 2. The largest absolute Gasteiger partial charge is 0.359 e. The molecule has 0 aromatic carbocycles. The fraction of sp³-hybridized carbons (Fsp3) is 0.750. The molecule has 0 spiro atoms. The second-order valence-electron chi connectivity index (χ2n) is 6.36. The van der Waals surface area contributed by atoms with Crippen molar-refractivity contribution in [1.82, 2.24) is 15.8 Å². The number of rotatable bonds is 6. The first-order valence-electron chi connectivity index (χ1n) is 7.98. The highest BCUT2D eigenvalue weighted by Crippen LogP contribution is 2.42. The molecule has 2 rings (SSSR count).